The van der Waals surface area contributed by atoms with Gasteiger partial charge < -0.3 is 11.1 Å². The molecule has 5 heteroatoms. The van der Waals surface area contributed by atoms with E-state index >= 15 is 0 Å². The fourth-order valence-electron chi connectivity index (χ4n) is 1.78. The Morgan fingerprint density at radius 1 is 1.21 bits per heavy atom. The molecule has 0 fully saturated rings. The standard InChI is InChI=1S/C14H11N3OS/c15-10-1-3-12(16-8-10)14(18)17-11-2-4-13-9(7-11)5-6-19-13/h1-8H,15H2,(H,17,18). The number of rotatable bonds is 2. The summed E-state index contributed by atoms with van der Waals surface area (Å²) in [6.07, 6.45) is 1.47. The largest absolute Gasteiger partial charge is 0.397 e. The molecule has 0 aliphatic heterocycles. The molecular formula is C14H11N3OS. The van der Waals surface area contributed by atoms with Crippen molar-refractivity contribution in [2.75, 3.05) is 11.1 Å². The van der Waals surface area contributed by atoms with Gasteiger partial charge in [-0.05, 0) is 47.2 Å². The van der Waals surface area contributed by atoms with Crippen LogP contribution in [0.2, 0.25) is 0 Å². The predicted octanol–water partition coefficient (Wildman–Crippen LogP) is 3.13. The minimum absolute atomic E-state index is 0.241. The molecule has 2 aromatic heterocycles. The molecule has 94 valence electrons. The molecule has 3 rings (SSSR count). The van der Waals surface area contributed by atoms with Crippen molar-refractivity contribution < 1.29 is 4.79 Å². The highest BCUT2D eigenvalue weighted by molar-refractivity contribution is 7.17. The molecule has 2 heterocycles. The molecule has 0 spiro atoms. The van der Waals surface area contributed by atoms with E-state index in [1.165, 1.54) is 10.9 Å². The summed E-state index contributed by atoms with van der Waals surface area (Å²) in [6.45, 7) is 0. The van der Waals surface area contributed by atoms with Crippen LogP contribution < -0.4 is 11.1 Å². The number of nitrogens with zero attached hydrogens (tertiary/aromatic N) is 1. The fourth-order valence-corrected chi connectivity index (χ4v) is 2.55. The van der Waals surface area contributed by atoms with Crippen molar-refractivity contribution in [1.29, 1.82) is 0 Å². The Hall–Kier alpha value is -2.40. The van der Waals surface area contributed by atoms with E-state index < -0.39 is 0 Å². The van der Waals surface area contributed by atoms with Crippen LogP contribution >= 0.6 is 11.3 Å². The van der Waals surface area contributed by atoms with Crippen LogP contribution in [0.3, 0.4) is 0 Å². The lowest BCUT2D eigenvalue weighted by Gasteiger charge is -2.05. The predicted molar refractivity (Wildman–Crippen MR) is 78.4 cm³/mol. The number of anilines is 2. The Balaban J connectivity index is 1.83. The van der Waals surface area contributed by atoms with Crippen LogP contribution in [0.1, 0.15) is 10.5 Å². The number of amides is 1. The molecule has 4 nitrogen and oxygen atoms in total. The Morgan fingerprint density at radius 2 is 2.11 bits per heavy atom. The second-order valence-electron chi connectivity index (χ2n) is 4.10. The van der Waals surface area contributed by atoms with Crippen LogP contribution in [-0.2, 0) is 0 Å². The molecule has 1 amide bonds. The Bertz CT molecular complexity index is 734. The van der Waals surface area contributed by atoms with E-state index in [-0.39, 0.29) is 5.91 Å². The number of hydrogen-bond acceptors (Lipinski definition) is 4. The smallest absolute Gasteiger partial charge is 0.274 e. The third-order valence-electron chi connectivity index (χ3n) is 2.73. The number of nitrogens with two attached hydrogens (primary N) is 1. The molecule has 3 aromatic rings. The number of nitrogens with one attached hydrogen (secondary N) is 1. The zero-order valence-corrected chi connectivity index (χ0v) is 10.8. The first-order valence-corrected chi connectivity index (χ1v) is 6.60. The Morgan fingerprint density at radius 3 is 2.89 bits per heavy atom. The third-order valence-corrected chi connectivity index (χ3v) is 3.63. The maximum Gasteiger partial charge on any atom is 0.274 e. The summed E-state index contributed by atoms with van der Waals surface area (Å²) in [7, 11) is 0. The van der Waals surface area contributed by atoms with Gasteiger partial charge in [-0.3, -0.25) is 4.79 Å². The summed E-state index contributed by atoms with van der Waals surface area (Å²) < 4.78 is 1.20. The summed E-state index contributed by atoms with van der Waals surface area (Å²) in [5.74, 6) is -0.241. The molecule has 0 radical (unpaired) electrons. The van der Waals surface area contributed by atoms with Crippen LogP contribution in [0.25, 0.3) is 10.1 Å². The van der Waals surface area contributed by atoms with Crippen molar-refractivity contribution in [1.82, 2.24) is 4.98 Å². The van der Waals surface area contributed by atoms with Gasteiger partial charge in [0.25, 0.3) is 5.91 Å². The number of carbonyl (C=O) groups excluding carboxylic acids is 1. The molecule has 0 aliphatic carbocycles. The van der Waals surface area contributed by atoms with Gasteiger partial charge in [0.2, 0.25) is 0 Å². The van der Waals surface area contributed by atoms with E-state index in [9.17, 15) is 4.79 Å². The topological polar surface area (TPSA) is 68.0 Å². The minimum Gasteiger partial charge on any atom is -0.397 e. The van der Waals surface area contributed by atoms with E-state index in [2.05, 4.69) is 10.3 Å². The molecule has 3 N–H and O–H groups in total. The van der Waals surface area contributed by atoms with Crippen molar-refractivity contribution in [2.24, 2.45) is 0 Å². The van der Waals surface area contributed by atoms with Gasteiger partial charge in [-0.25, -0.2) is 4.98 Å². The summed E-state index contributed by atoms with van der Waals surface area (Å²) in [5, 5.41) is 5.97. The number of nitrogen functional groups attached to an aromatic ring is 1. The van der Waals surface area contributed by atoms with Gasteiger partial charge >= 0.3 is 0 Å². The zero-order valence-electron chi connectivity index (χ0n) is 9.96. The highest BCUT2D eigenvalue weighted by atomic mass is 32.1. The van der Waals surface area contributed by atoms with Gasteiger partial charge in [-0.1, -0.05) is 0 Å². The minimum atomic E-state index is -0.241. The van der Waals surface area contributed by atoms with Crippen molar-refractivity contribution in [3.05, 3.63) is 53.7 Å². The summed E-state index contributed by atoms with van der Waals surface area (Å²) in [5.41, 5.74) is 7.18. The van der Waals surface area contributed by atoms with Gasteiger partial charge in [-0.15, -0.1) is 11.3 Å². The van der Waals surface area contributed by atoms with Crippen molar-refractivity contribution in [2.45, 2.75) is 0 Å². The number of benzene rings is 1. The van der Waals surface area contributed by atoms with Crippen LogP contribution in [0.15, 0.2) is 48.0 Å². The molecule has 1 aromatic carbocycles. The van der Waals surface area contributed by atoms with Crippen LogP contribution in [0.4, 0.5) is 11.4 Å². The van der Waals surface area contributed by atoms with Gasteiger partial charge in [0.15, 0.2) is 0 Å². The highest BCUT2D eigenvalue weighted by Crippen LogP contribution is 2.24. The lowest BCUT2D eigenvalue weighted by molar-refractivity contribution is 0.102. The van der Waals surface area contributed by atoms with Gasteiger partial charge in [0.05, 0.1) is 11.9 Å². The molecule has 0 saturated carbocycles. The molecule has 0 atom stereocenters. The molecular weight excluding hydrogens is 258 g/mol. The highest BCUT2D eigenvalue weighted by Gasteiger charge is 2.07. The van der Waals surface area contributed by atoms with E-state index in [0.717, 1.165) is 11.1 Å². The second-order valence-corrected chi connectivity index (χ2v) is 5.05. The lowest BCUT2D eigenvalue weighted by atomic mass is 10.2. The van der Waals surface area contributed by atoms with Crippen LogP contribution in [-0.4, -0.2) is 10.9 Å². The lowest BCUT2D eigenvalue weighted by Crippen LogP contribution is -2.13. The van der Waals surface area contributed by atoms with Gasteiger partial charge in [0, 0.05) is 10.4 Å². The molecule has 19 heavy (non-hydrogen) atoms. The number of hydrogen-bond donors (Lipinski definition) is 2. The van der Waals surface area contributed by atoms with E-state index in [0.29, 0.717) is 11.4 Å². The van der Waals surface area contributed by atoms with Gasteiger partial charge in [0.1, 0.15) is 5.69 Å². The van der Waals surface area contributed by atoms with E-state index in [1.54, 1.807) is 23.5 Å². The van der Waals surface area contributed by atoms with Crippen molar-refractivity contribution in [3.8, 4) is 0 Å². The number of pyridine rings is 1. The van der Waals surface area contributed by atoms with Crippen LogP contribution in [0, 0.1) is 0 Å². The third kappa shape index (κ3) is 2.41. The number of fused-ring (bicyclic) bond motifs is 1. The van der Waals surface area contributed by atoms with Crippen molar-refractivity contribution in [3.63, 3.8) is 0 Å². The number of carbonyl (C=O) groups is 1. The first-order chi connectivity index (χ1) is 9.22. The summed E-state index contributed by atoms with van der Waals surface area (Å²) >= 11 is 1.67. The first-order valence-electron chi connectivity index (χ1n) is 5.72. The fraction of sp³-hybridized carbons (Fsp3) is 0. The number of thiophene rings is 1. The summed E-state index contributed by atoms with van der Waals surface area (Å²) in [6, 6.07) is 11.1. The molecule has 0 aliphatic rings. The number of aromatic nitrogens is 1. The Labute approximate surface area is 113 Å². The van der Waals surface area contributed by atoms with Crippen LogP contribution in [0.5, 0.6) is 0 Å². The molecule has 0 unspecified atom stereocenters. The maximum absolute atomic E-state index is 12.0. The summed E-state index contributed by atoms with van der Waals surface area (Å²) in [4.78, 5) is 16.0. The van der Waals surface area contributed by atoms with E-state index in [1.807, 2.05) is 29.6 Å². The van der Waals surface area contributed by atoms with Crippen molar-refractivity contribution >= 4 is 38.7 Å². The average molecular weight is 269 g/mol. The normalized spacial score (nSPS) is 10.5. The van der Waals surface area contributed by atoms with E-state index in [4.69, 9.17) is 5.73 Å². The second kappa shape index (κ2) is 4.70. The average Bonchev–Trinajstić information content (AvgIpc) is 2.87. The molecule has 0 saturated heterocycles. The zero-order chi connectivity index (χ0) is 13.2. The quantitative estimate of drug-likeness (QED) is 0.751. The monoisotopic (exact) mass is 269 g/mol. The first kappa shape index (κ1) is 11.7. The SMILES string of the molecule is Nc1ccc(C(=O)Nc2ccc3sccc3c2)nc1. The molecule has 0 bridgehead atoms. The van der Waals surface area contributed by atoms with Gasteiger partial charge in [-0.2, -0.15) is 0 Å². The maximum atomic E-state index is 12.0. The Kier molecular flexibility index (Phi) is 2.89.